The van der Waals surface area contributed by atoms with Crippen LogP contribution in [0.25, 0.3) is 6.08 Å². The molecule has 1 aromatic rings. The molecule has 0 N–H and O–H groups in total. The molecule has 0 atom stereocenters. The topological polar surface area (TPSA) is 77.4 Å². The molecule has 1 aromatic carbocycles. The van der Waals surface area contributed by atoms with Crippen molar-refractivity contribution in [1.82, 2.24) is 4.90 Å². The maximum atomic E-state index is 13.6. The molecule has 2 aliphatic carbocycles. The van der Waals surface area contributed by atoms with Crippen LogP contribution >= 0.6 is 23.4 Å². The average Bonchev–Trinajstić information content (AvgIpc) is 3.18. The Labute approximate surface area is 222 Å². The zero-order valence-corrected chi connectivity index (χ0v) is 22.7. The first-order valence-electron chi connectivity index (χ1n) is 13.0. The minimum absolute atomic E-state index is 0.0153. The molecule has 3 fully saturated rings. The first-order chi connectivity index (χ1) is 17.5. The number of thioether (sulfide) groups is 1. The standard InChI is InChI=1S/C27H35ClN2O5S/c1-3-34-22-15-18(14-21(28)25(22)35-17-24(31)33-2)16-23-26(32)30(20-12-8-5-9-13-20)27(36-23)29-19-10-6-4-7-11-19/h14-16,19-20H,3-13,17H2,1-2H3. The largest absolute Gasteiger partial charge is 0.490 e. The van der Waals surface area contributed by atoms with Crippen molar-refractivity contribution in [2.24, 2.45) is 4.99 Å². The summed E-state index contributed by atoms with van der Waals surface area (Å²) in [6.07, 6.45) is 13.3. The summed E-state index contributed by atoms with van der Waals surface area (Å²) in [5.74, 6) is 0.193. The molecule has 0 radical (unpaired) electrons. The maximum absolute atomic E-state index is 13.6. The van der Waals surface area contributed by atoms with Gasteiger partial charge in [-0.15, -0.1) is 0 Å². The third-order valence-electron chi connectivity index (χ3n) is 6.84. The van der Waals surface area contributed by atoms with Crippen LogP contribution in [-0.4, -0.2) is 54.4 Å². The molecule has 7 nitrogen and oxygen atoms in total. The van der Waals surface area contributed by atoms with Crippen LogP contribution in [0.1, 0.15) is 76.7 Å². The summed E-state index contributed by atoms with van der Waals surface area (Å²) in [6, 6.07) is 4.01. The van der Waals surface area contributed by atoms with Crippen molar-refractivity contribution < 1.29 is 23.8 Å². The van der Waals surface area contributed by atoms with Crippen molar-refractivity contribution >= 4 is 46.5 Å². The third-order valence-corrected chi connectivity index (χ3v) is 8.11. The fraction of sp³-hybridized carbons (Fsp3) is 0.593. The lowest BCUT2D eigenvalue weighted by molar-refractivity contribution is -0.142. The molecule has 1 amide bonds. The normalized spacial score (nSPS) is 21.9. The zero-order valence-electron chi connectivity index (χ0n) is 21.1. The van der Waals surface area contributed by atoms with E-state index in [1.165, 1.54) is 44.6 Å². The first-order valence-corrected chi connectivity index (χ1v) is 14.2. The van der Waals surface area contributed by atoms with Gasteiger partial charge in [0.05, 0.1) is 29.7 Å². The molecule has 0 unspecified atom stereocenters. The van der Waals surface area contributed by atoms with Gasteiger partial charge in [-0.1, -0.05) is 50.1 Å². The second-order valence-electron chi connectivity index (χ2n) is 9.41. The van der Waals surface area contributed by atoms with Gasteiger partial charge in [0.2, 0.25) is 0 Å². The van der Waals surface area contributed by atoms with Crippen LogP contribution in [0, 0.1) is 0 Å². The molecule has 9 heteroatoms. The van der Waals surface area contributed by atoms with Crippen LogP contribution in [0.3, 0.4) is 0 Å². The number of aliphatic imine (C=N–C) groups is 1. The summed E-state index contributed by atoms with van der Waals surface area (Å²) in [6.45, 7) is 1.98. The summed E-state index contributed by atoms with van der Waals surface area (Å²) < 4.78 is 15.9. The first kappa shape index (κ1) is 26.9. The van der Waals surface area contributed by atoms with Crippen molar-refractivity contribution in [1.29, 1.82) is 0 Å². The summed E-state index contributed by atoms with van der Waals surface area (Å²) in [7, 11) is 1.30. The molecule has 0 bridgehead atoms. The van der Waals surface area contributed by atoms with Gasteiger partial charge in [0.25, 0.3) is 5.91 Å². The van der Waals surface area contributed by atoms with Gasteiger partial charge in [-0.25, -0.2) is 4.79 Å². The average molecular weight is 535 g/mol. The number of hydrogen-bond acceptors (Lipinski definition) is 7. The van der Waals surface area contributed by atoms with Crippen molar-refractivity contribution in [2.75, 3.05) is 20.3 Å². The highest BCUT2D eigenvalue weighted by Gasteiger charge is 2.39. The van der Waals surface area contributed by atoms with Crippen LogP contribution in [0.15, 0.2) is 22.0 Å². The number of ether oxygens (including phenoxy) is 3. The predicted molar refractivity (Wildman–Crippen MR) is 144 cm³/mol. The summed E-state index contributed by atoms with van der Waals surface area (Å²) >= 11 is 7.98. The molecule has 0 spiro atoms. The van der Waals surface area contributed by atoms with Gasteiger partial charge in [0, 0.05) is 6.04 Å². The van der Waals surface area contributed by atoms with E-state index in [1.54, 1.807) is 12.1 Å². The number of amidine groups is 1. The summed E-state index contributed by atoms with van der Waals surface area (Å²) in [5.41, 5.74) is 0.729. The van der Waals surface area contributed by atoms with Gasteiger partial charge in [0.1, 0.15) is 0 Å². The number of halogens is 1. The van der Waals surface area contributed by atoms with Gasteiger partial charge in [-0.3, -0.25) is 14.7 Å². The molecule has 2 saturated carbocycles. The summed E-state index contributed by atoms with van der Waals surface area (Å²) in [5, 5.41) is 1.14. The Kier molecular flexibility index (Phi) is 9.60. The van der Waals surface area contributed by atoms with E-state index < -0.39 is 5.97 Å². The monoisotopic (exact) mass is 534 g/mol. The molecular weight excluding hydrogens is 500 g/mol. The highest BCUT2D eigenvalue weighted by atomic mass is 35.5. The molecule has 1 aliphatic heterocycles. The van der Waals surface area contributed by atoms with Gasteiger partial charge in [-0.2, -0.15) is 0 Å². The third kappa shape index (κ3) is 6.57. The van der Waals surface area contributed by atoms with Gasteiger partial charge in [-0.05, 0) is 68.1 Å². The van der Waals surface area contributed by atoms with Crippen molar-refractivity contribution in [3.05, 3.63) is 27.6 Å². The van der Waals surface area contributed by atoms with E-state index in [-0.39, 0.29) is 24.3 Å². The van der Waals surface area contributed by atoms with Crippen LogP contribution in [0.5, 0.6) is 11.5 Å². The Balaban J connectivity index is 1.63. The lowest BCUT2D eigenvalue weighted by Gasteiger charge is -2.31. The highest BCUT2D eigenvalue weighted by Crippen LogP contribution is 2.41. The van der Waals surface area contributed by atoms with Crippen molar-refractivity contribution in [3.8, 4) is 11.5 Å². The number of amides is 1. The molecule has 1 heterocycles. The Morgan fingerprint density at radius 1 is 1.11 bits per heavy atom. The Hall–Kier alpha value is -2.19. The number of rotatable bonds is 8. The molecule has 1 saturated heterocycles. The van der Waals surface area contributed by atoms with E-state index in [9.17, 15) is 9.59 Å². The van der Waals surface area contributed by atoms with E-state index >= 15 is 0 Å². The van der Waals surface area contributed by atoms with E-state index in [0.717, 1.165) is 49.3 Å². The van der Waals surface area contributed by atoms with Crippen LogP contribution in [0.4, 0.5) is 0 Å². The molecular formula is C27H35ClN2O5S. The lowest BCUT2D eigenvalue weighted by Crippen LogP contribution is -2.41. The van der Waals surface area contributed by atoms with Gasteiger partial charge >= 0.3 is 5.97 Å². The number of carbonyl (C=O) groups is 2. The Bertz CT molecular complexity index is 1020. The van der Waals surface area contributed by atoms with Crippen molar-refractivity contribution in [3.63, 3.8) is 0 Å². The van der Waals surface area contributed by atoms with Crippen LogP contribution in [-0.2, 0) is 14.3 Å². The fourth-order valence-corrected chi connectivity index (χ4v) is 6.40. The number of methoxy groups -OCH3 is 1. The molecule has 3 aliphatic rings. The second-order valence-corrected chi connectivity index (χ2v) is 10.8. The zero-order chi connectivity index (χ0) is 25.5. The molecule has 36 heavy (non-hydrogen) atoms. The van der Waals surface area contributed by atoms with E-state index in [4.69, 9.17) is 26.1 Å². The minimum Gasteiger partial charge on any atom is -0.490 e. The van der Waals surface area contributed by atoms with E-state index in [2.05, 4.69) is 4.74 Å². The fourth-order valence-electron chi connectivity index (χ4n) is 5.02. The number of carbonyl (C=O) groups excluding carboxylic acids is 2. The number of nitrogens with zero attached hydrogens (tertiary/aromatic N) is 2. The predicted octanol–water partition coefficient (Wildman–Crippen LogP) is 6.23. The van der Waals surface area contributed by atoms with E-state index in [1.807, 2.05) is 17.9 Å². The summed E-state index contributed by atoms with van der Waals surface area (Å²) in [4.78, 5) is 32.9. The quantitative estimate of drug-likeness (QED) is 0.291. The Morgan fingerprint density at radius 3 is 2.47 bits per heavy atom. The highest BCUT2D eigenvalue weighted by molar-refractivity contribution is 8.18. The lowest BCUT2D eigenvalue weighted by atomic mass is 9.94. The van der Waals surface area contributed by atoms with Crippen molar-refractivity contribution in [2.45, 2.75) is 83.2 Å². The second kappa shape index (κ2) is 12.9. The van der Waals surface area contributed by atoms with E-state index in [0.29, 0.717) is 28.3 Å². The minimum atomic E-state index is -0.514. The van der Waals surface area contributed by atoms with Crippen LogP contribution < -0.4 is 9.47 Å². The number of hydrogen-bond donors (Lipinski definition) is 0. The number of benzene rings is 1. The van der Waals surface area contributed by atoms with Gasteiger partial charge < -0.3 is 14.2 Å². The number of esters is 1. The molecule has 196 valence electrons. The van der Waals surface area contributed by atoms with Crippen LogP contribution in [0.2, 0.25) is 5.02 Å². The smallest absolute Gasteiger partial charge is 0.343 e. The molecule has 4 rings (SSSR count). The molecule has 0 aromatic heterocycles. The maximum Gasteiger partial charge on any atom is 0.343 e. The SMILES string of the molecule is CCOc1cc(C=C2SC(=NC3CCCCC3)N(C3CCCCC3)C2=O)cc(Cl)c1OCC(=O)OC. The van der Waals surface area contributed by atoms with Gasteiger partial charge in [0.15, 0.2) is 23.3 Å². The Morgan fingerprint density at radius 2 is 1.81 bits per heavy atom.